The lowest BCUT2D eigenvalue weighted by atomic mass is 10.0. The summed E-state index contributed by atoms with van der Waals surface area (Å²) in [5, 5.41) is 22.3. The van der Waals surface area contributed by atoms with E-state index in [2.05, 4.69) is 23.2 Å². The highest BCUT2D eigenvalue weighted by molar-refractivity contribution is 5.95. The van der Waals surface area contributed by atoms with Gasteiger partial charge in [0, 0.05) is 29.0 Å². The van der Waals surface area contributed by atoms with Gasteiger partial charge < -0.3 is 14.9 Å². The molecule has 4 heteroatoms. The number of aryl methyl sites for hydroxylation is 1. The molecule has 2 N–H and O–H groups in total. The molecule has 0 bridgehead atoms. The van der Waals surface area contributed by atoms with Gasteiger partial charge in [-0.1, -0.05) is 60.7 Å². The Balaban J connectivity index is 1.66. The summed E-state index contributed by atoms with van der Waals surface area (Å²) in [6, 6.07) is 23.2. The normalized spacial score (nSPS) is 11.6. The van der Waals surface area contributed by atoms with Crippen LogP contribution in [0, 0.1) is 6.92 Å². The van der Waals surface area contributed by atoms with E-state index in [0.29, 0.717) is 22.6 Å². The van der Waals surface area contributed by atoms with Gasteiger partial charge in [-0.05, 0) is 35.4 Å². The van der Waals surface area contributed by atoms with E-state index in [1.807, 2.05) is 55.5 Å². The van der Waals surface area contributed by atoms with Crippen LogP contribution in [0.4, 0.5) is 0 Å². The number of phenolic OH excluding ortho intramolecular Hbond substituents is 1. The highest BCUT2D eigenvalue weighted by atomic mass is 16.5. The van der Waals surface area contributed by atoms with Gasteiger partial charge in [-0.25, -0.2) is 0 Å². The summed E-state index contributed by atoms with van der Waals surface area (Å²) >= 11 is 0. The van der Waals surface area contributed by atoms with Gasteiger partial charge in [0.2, 0.25) is 0 Å². The van der Waals surface area contributed by atoms with Crippen molar-refractivity contribution >= 4 is 22.4 Å². The predicted molar refractivity (Wildman–Crippen MR) is 120 cm³/mol. The van der Waals surface area contributed by atoms with Crippen molar-refractivity contribution in [1.82, 2.24) is 4.98 Å². The molecule has 0 unspecified atom stereocenters. The third kappa shape index (κ3) is 4.19. The first kappa shape index (κ1) is 19.7. The van der Waals surface area contributed by atoms with E-state index < -0.39 is 0 Å². The molecule has 30 heavy (non-hydrogen) atoms. The van der Waals surface area contributed by atoms with Crippen LogP contribution in [0.1, 0.15) is 22.4 Å². The Hall–Kier alpha value is -3.63. The quantitative estimate of drug-likeness (QED) is 0.460. The Morgan fingerprint density at radius 1 is 1.00 bits per heavy atom. The number of aromatic nitrogens is 1. The maximum absolute atomic E-state index is 10.0. The monoisotopic (exact) mass is 397 g/mol. The molecule has 0 saturated carbocycles. The van der Waals surface area contributed by atoms with Gasteiger partial charge in [0.15, 0.2) is 0 Å². The minimum absolute atomic E-state index is 0.141. The molecule has 0 aliphatic carbocycles. The van der Waals surface area contributed by atoms with Crippen molar-refractivity contribution in [2.45, 2.75) is 13.5 Å². The molecule has 0 amide bonds. The molecule has 0 aliphatic heterocycles. The van der Waals surface area contributed by atoms with Crippen molar-refractivity contribution in [3.8, 4) is 11.5 Å². The van der Waals surface area contributed by atoms with Crippen LogP contribution in [0.3, 0.4) is 0 Å². The van der Waals surface area contributed by atoms with E-state index in [-0.39, 0.29) is 19.0 Å². The molecular weight excluding hydrogens is 374 g/mol. The number of aliphatic hydroxyl groups excluding tert-OH is 1. The third-order valence-corrected chi connectivity index (χ3v) is 5.08. The number of nitrogens with zero attached hydrogens (tertiary/aromatic N) is 1. The first-order valence-electron chi connectivity index (χ1n) is 9.81. The number of fused-ring (bicyclic) bond motifs is 1. The van der Waals surface area contributed by atoms with Crippen LogP contribution in [0.25, 0.3) is 22.4 Å². The second kappa shape index (κ2) is 8.80. The molecule has 3 aromatic carbocycles. The number of ether oxygens (including phenoxy) is 1. The number of aliphatic hydroxyl groups is 1. The van der Waals surface area contributed by atoms with Crippen LogP contribution in [0.15, 0.2) is 79.0 Å². The molecule has 4 rings (SSSR count). The average molecular weight is 397 g/mol. The molecular formula is C26H23NO3. The predicted octanol–water partition coefficient (Wildman–Crippen LogP) is 5.36. The molecule has 0 fully saturated rings. The largest absolute Gasteiger partial charge is 0.508 e. The Bertz CT molecular complexity index is 1210. The second-order valence-corrected chi connectivity index (χ2v) is 7.15. The van der Waals surface area contributed by atoms with Crippen molar-refractivity contribution in [2.24, 2.45) is 0 Å². The van der Waals surface area contributed by atoms with E-state index in [1.165, 1.54) is 0 Å². The topological polar surface area (TPSA) is 62.6 Å². The van der Waals surface area contributed by atoms with Crippen LogP contribution in [-0.4, -0.2) is 21.8 Å². The van der Waals surface area contributed by atoms with E-state index in [1.54, 1.807) is 18.3 Å². The van der Waals surface area contributed by atoms with Crippen molar-refractivity contribution in [1.29, 1.82) is 0 Å². The van der Waals surface area contributed by atoms with E-state index in [9.17, 15) is 10.2 Å². The molecule has 0 saturated heterocycles. The number of benzene rings is 3. The van der Waals surface area contributed by atoms with Crippen LogP contribution >= 0.6 is 0 Å². The Morgan fingerprint density at radius 3 is 2.60 bits per heavy atom. The smallest absolute Gasteiger partial charge is 0.126 e. The highest BCUT2D eigenvalue weighted by Crippen LogP contribution is 2.27. The van der Waals surface area contributed by atoms with Gasteiger partial charge in [0.05, 0.1) is 12.3 Å². The summed E-state index contributed by atoms with van der Waals surface area (Å²) in [5.41, 5.74) is 3.99. The molecule has 0 radical (unpaired) electrons. The zero-order chi connectivity index (χ0) is 20.9. The number of para-hydroxylation sites is 1. The molecule has 150 valence electrons. The minimum atomic E-state index is -0.141. The summed E-state index contributed by atoms with van der Waals surface area (Å²) in [6.07, 6.45) is 3.70. The maximum Gasteiger partial charge on any atom is 0.126 e. The van der Waals surface area contributed by atoms with Crippen molar-refractivity contribution in [3.05, 3.63) is 101 Å². The fraction of sp³-hybridized carbons (Fsp3) is 0.115. The average Bonchev–Trinajstić information content (AvgIpc) is 2.78. The fourth-order valence-corrected chi connectivity index (χ4v) is 3.39. The van der Waals surface area contributed by atoms with Gasteiger partial charge in [-0.15, -0.1) is 0 Å². The standard InChI is InChI=1S/C26H23NO3/c1-18-15-27-24(14-26(18)30-17-21-8-3-5-12-25(21)29)22(16-28)13-20-10-6-9-19-7-2-4-11-23(19)20/h2-15,28-29H,16-17H2,1H3/b22-13-. The highest BCUT2D eigenvalue weighted by Gasteiger charge is 2.10. The number of rotatable bonds is 6. The summed E-state index contributed by atoms with van der Waals surface area (Å²) in [6.45, 7) is 2.03. The van der Waals surface area contributed by atoms with Crippen molar-refractivity contribution in [3.63, 3.8) is 0 Å². The minimum Gasteiger partial charge on any atom is -0.508 e. The Morgan fingerprint density at radius 2 is 1.77 bits per heavy atom. The zero-order valence-electron chi connectivity index (χ0n) is 16.7. The molecule has 0 spiro atoms. The Kier molecular flexibility index (Phi) is 5.77. The Labute approximate surface area is 175 Å². The fourth-order valence-electron chi connectivity index (χ4n) is 3.39. The summed E-state index contributed by atoms with van der Waals surface area (Å²) in [4.78, 5) is 4.50. The molecule has 0 aliphatic rings. The summed E-state index contributed by atoms with van der Waals surface area (Å²) < 4.78 is 5.95. The summed E-state index contributed by atoms with van der Waals surface area (Å²) in [5.74, 6) is 0.872. The van der Waals surface area contributed by atoms with Crippen LogP contribution in [0.5, 0.6) is 11.5 Å². The first-order chi connectivity index (χ1) is 14.7. The van der Waals surface area contributed by atoms with Gasteiger partial charge in [0.1, 0.15) is 18.1 Å². The summed E-state index contributed by atoms with van der Waals surface area (Å²) in [7, 11) is 0. The zero-order valence-corrected chi connectivity index (χ0v) is 16.7. The maximum atomic E-state index is 10.0. The number of aromatic hydroxyl groups is 1. The van der Waals surface area contributed by atoms with Crippen LogP contribution in [0.2, 0.25) is 0 Å². The molecule has 4 nitrogen and oxygen atoms in total. The van der Waals surface area contributed by atoms with Gasteiger partial charge in [0.25, 0.3) is 0 Å². The molecule has 0 atom stereocenters. The molecule has 1 heterocycles. The number of phenols is 1. The SMILES string of the molecule is Cc1cnc(/C(=C\c2cccc3ccccc23)CO)cc1OCc1ccccc1O. The first-order valence-corrected chi connectivity index (χ1v) is 9.81. The lowest BCUT2D eigenvalue weighted by molar-refractivity contribution is 0.296. The molecule has 1 aromatic heterocycles. The second-order valence-electron chi connectivity index (χ2n) is 7.15. The van der Waals surface area contributed by atoms with Crippen molar-refractivity contribution in [2.75, 3.05) is 6.61 Å². The van der Waals surface area contributed by atoms with Crippen LogP contribution in [-0.2, 0) is 6.61 Å². The lowest BCUT2D eigenvalue weighted by Gasteiger charge is -2.13. The van der Waals surface area contributed by atoms with E-state index in [4.69, 9.17) is 4.74 Å². The van der Waals surface area contributed by atoms with E-state index >= 15 is 0 Å². The van der Waals surface area contributed by atoms with E-state index in [0.717, 1.165) is 21.9 Å². The number of hydrogen-bond acceptors (Lipinski definition) is 4. The van der Waals surface area contributed by atoms with Gasteiger partial charge in [-0.3, -0.25) is 4.98 Å². The number of pyridine rings is 1. The third-order valence-electron chi connectivity index (χ3n) is 5.08. The van der Waals surface area contributed by atoms with Gasteiger partial charge >= 0.3 is 0 Å². The number of hydrogen-bond donors (Lipinski definition) is 2. The lowest BCUT2D eigenvalue weighted by Crippen LogP contribution is -2.01. The molecule has 4 aromatic rings. The van der Waals surface area contributed by atoms with Crippen molar-refractivity contribution < 1.29 is 14.9 Å². The van der Waals surface area contributed by atoms with Crippen LogP contribution < -0.4 is 4.74 Å². The van der Waals surface area contributed by atoms with Gasteiger partial charge in [-0.2, -0.15) is 0 Å².